The summed E-state index contributed by atoms with van der Waals surface area (Å²) in [7, 11) is -3.63. The maximum absolute atomic E-state index is 12.3. The van der Waals surface area contributed by atoms with Crippen molar-refractivity contribution in [3.8, 4) is 0 Å². The number of H-pyrrole nitrogens is 1. The quantitative estimate of drug-likeness (QED) is 0.441. The minimum absolute atomic E-state index is 0.0742. The van der Waals surface area contributed by atoms with Crippen LogP contribution in [-0.2, 0) is 27.7 Å². The summed E-state index contributed by atoms with van der Waals surface area (Å²) in [5.41, 5.74) is 1.89. The lowest BCUT2D eigenvalue weighted by atomic mass is 10.1. The van der Waals surface area contributed by atoms with Crippen LogP contribution in [0.15, 0.2) is 53.4 Å². The fourth-order valence-corrected chi connectivity index (χ4v) is 4.22. The minimum atomic E-state index is -3.63. The molecule has 0 unspecified atom stereocenters. The zero-order valence-corrected chi connectivity index (χ0v) is 16.9. The van der Waals surface area contributed by atoms with Gasteiger partial charge in [0.25, 0.3) is 5.95 Å². The Bertz CT molecular complexity index is 1060. The van der Waals surface area contributed by atoms with E-state index < -0.39 is 10.0 Å². The summed E-state index contributed by atoms with van der Waals surface area (Å²) < 4.78 is 27.1. The summed E-state index contributed by atoms with van der Waals surface area (Å²) in [5, 5.41) is 15.7. The van der Waals surface area contributed by atoms with Crippen LogP contribution in [0.5, 0.6) is 0 Å². The zero-order valence-electron chi connectivity index (χ0n) is 15.3. The summed E-state index contributed by atoms with van der Waals surface area (Å²) in [4.78, 5) is 12.0. The minimum Gasteiger partial charge on any atom is -0.292 e. The topological polar surface area (TPSA) is 130 Å². The first-order valence-corrected chi connectivity index (χ1v) is 10.7. The first kappa shape index (κ1) is 20.9. The molecule has 11 heteroatoms. The molecule has 0 fully saturated rings. The van der Waals surface area contributed by atoms with E-state index in [-0.39, 0.29) is 28.2 Å². The number of carbonyl (C=O) groups excluding carboxylic acids is 1. The van der Waals surface area contributed by atoms with Gasteiger partial charge in [-0.3, -0.25) is 10.1 Å². The highest BCUT2D eigenvalue weighted by Crippen LogP contribution is 2.20. The molecule has 9 nitrogen and oxygen atoms in total. The first-order chi connectivity index (χ1) is 13.9. The fourth-order valence-electron chi connectivity index (χ4n) is 2.63. The number of nitrogens with zero attached hydrogens (tertiary/aromatic N) is 3. The van der Waals surface area contributed by atoms with Gasteiger partial charge in [0.05, 0.1) is 11.4 Å². The maximum Gasteiger partial charge on any atom is 0.269 e. The van der Waals surface area contributed by atoms with Crippen LogP contribution < -0.4 is 10.0 Å². The van der Waals surface area contributed by atoms with Crippen LogP contribution in [-0.4, -0.2) is 41.5 Å². The van der Waals surface area contributed by atoms with Crippen molar-refractivity contribution in [3.63, 3.8) is 0 Å². The van der Waals surface area contributed by atoms with Gasteiger partial charge in [0.1, 0.15) is 4.90 Å². The average molecular weight is 435 g/mol. The average Bonchev–Trinajstić information content (AvgIpc) is 3.19. The summed E-state index contributed by atoms with van der Waals surface area (Å²) in [6, 6.07) is 13.9. The highest BCUT2D eigenvalue weighted by Gasteiger charge is 2.16. The smallest absolute Gasteiger partial charge is 0.269 e. The Labute approximate surface area is 172 Å². The van der Waals surface area contributed by atoms with Crippen molar-refractivity contribution in [3.05, 3.63) is 64.7 Å². The van der Waals surface area contributed by atoms with Gasteiger partial charge in [0.15, 0.2) is 0 Å². The lowest BCUT2D eigenvalue weighted by Gasteiger charge is -2.08. The van der Waals surface area contributed by atoms with Crippen molar-refractivity contribution in [2.75, 3.05) is 11.9 Å². The number of benzene rings is 2. The molecule has 0 bridgehead atoms. The van der Waals surface area contributed by atoms with Crippen LogP contribution in [0, 0.1) is 0 Å². The number of aryl methyl sites for hydroxylation is 1. The summed E-state index contributed by atoms with van der Waals surface area (Å²) in [5.74, 6) is -0.112. The molecule has 3 aromatic rings. The van der Waals surface area contributed by atoms with Crippen LogP contribution in [0.3, 0.4) is 0 Å². The van der Waals surface area contributed by atoms with E-state index in [2.05, 4.69) is 30.7 Å². The van der Waals surface area contributed by atoms with E-state index in [1.165, 1.54) is 6.07 Å². The number of aromatic nitrogens is 4. The van der Waals surface area contributed by atoms with Gasteiger partial charge < -0.3 is 0 Å². The predicted octanol–water partition coefficient (Wildman–Crippen LogP) is 1.95. The number of halogens is 1. The number of amides is 1. The summed E-state index contributed by atoms with van der Waals surface area (Å²) >= 11 is 5.95. The van der Waals surface area contributed by atoms with Crippen molar-refractivity contribution in [2.24, 2.45) is 0 Å². The van der Waals surface area contributed by atoms with E-state index >= 15 is 0 Å². The van der Waals surface area contributed by atoms with Crippen LogP contribution in [0.2, 0.25) is 5.02 Å². The number of carbonyl (C=O) groups is 1. The molecular weight excluding hydrogens is 416 g/mol. The molecule has 3 rings (SSSR count). The molecule has 0 atom stereocenters. The Morgan fingerprint density at radius 1 is 1.07 bits per heavy atom. The Hall–Kier alpha value is -2.82. The van der Waals surface area contributed by atoms with Gasteiger partial charge in [0.2, 0.25) is 15.9 Å². The molecule has 2 aromatic carbocycles. The second-order valence-electron chi connectivity index (χ2n) is 6.21. The predicted molar refractivity (Wildman–Crippen MR) is 108 cm³/mol. The standard InChI is InChI=1S/C18H19ClN6O3S/c19-15-5-1-2-6-16(15)29(27,28)20-11-3-4-13-7-9-14(10-8-13)12-17(26)21-18-22-24-25-23-18/h1-2,5-10,20H,3-4,11-12H2,(H2,21,22,23,24,25,26). The maximum atomic E-state index is 12.3. The number of rotatable bonds is 9. The molecule has 1 amide bonds. The van der Waals surface area contributed by atoms with E-state index in [4.69, 9.17) is 11.6 Å². The third-order valence-corrected chi connectivity index (χ3v) is 6.01. The van der Waals surface area contributed by atoms with Crippen molar-refractivity contribution in [2.45, 2.75) is 24.2 Å². The van der Waals surface area contributed by atoms with Crippen molar-refractivity contribution >= 4 is 33.5 Å². The molecule has 1 aromatic heterocycles. The lowest BCUT2D eigenvalue weighted by molar-refractivity contribution is -0.115. The van der Waals surface area contributed by atoms with E-state index in [1.54, 1.807) is 18.2 Å². The second kappa shape index (κ2) is 9.59. The van der Waals surface area contributed by atoms with Gasteiger partial charge in [0, 0.05) is 6.54 Å². The van der Waals surface area contributed by atoms with E-state index in [1.807, 2.05) is 24.3 Å². The van der Waals surface area contributed by atoms with Gasteiger partial charge in [-0.15, -0.1) is 5.10 Å². The first-order valence-electron chi connectivity index (χ1n) is 8.79. The molecule has 3 N–H and O–H groups in total. The van der Waals surface area contributed by atoms with Gasteiger partial charge >= 0.3 is 0 Å². The Morgan fingerprint density at radius 2 is 1.79 bits per heavy atom. The van der Waals surface area contributed by atoms with Gasteiger partial charge in [-0.1, -0.05) is 53.1 Å². The summed E-state index contributed by atoms with van der Waals surface area (Å²) in [6.45, 7) is 0.294. The molecule has 152 valence electrons. The molecule has 0 aliphatic heterocycles. The second-order valence-corrected chi connectivity index (χ2v) is 8.35. The molecule has 0 aliphatic carbocycles. The van der Waals surface area contributed by atoms with Gasteiger partial charge in [-0.25, -0.2) is 13.1 Å². The third kappa shape index (κ3) is 6.08. The molecule has 0 saturated carbocycles. The number of nitrogens with one attached hydrogen (secondary N) is 3. The normalized spacial score (nSPS) is 11.3. The van der Waals surface area contributed by atoms with Crippen LogP contribution in [0.4, 0.5) is 5.95 Å². The number of tetrazole rings is 1. The SMILES string of the molecule is O=C(Cc1ccc(CCCNS(=O)(=O)c2ccccc2Cl)cc1)Nc1nn[nH]n1. The van der Waals surface area contributed by atoms with Crippen LogP contribution in [0.1, 0.15) is 17.5 Å². The van der Waals surface area contributed by atoms with E-state index in [0.29, 0.717) is 19.4 Å². The lowest BCUT2D eigenvalue weighted by Crippen LogP contribution is -2.25. The number of hydrogen-bond acceptors (Lipinski definition) is 6. The highest BCUT2D eigenvalue weighted by molar-refractivity contribution is 7.89. The van der Waals surface area contributed by atoms with Crippen molar-refractivity contribution in [1.82, 2.24) is 25.3 Å². The number of hydrogen-bond donors (Lipinski definition) is 3. The Balaban J connectivity index is 1.44. The molecule has 0 spiro atoms. The summed E-state index contributed by atoms with van der Waals surface area (Å²) in [6.07, 6.45) is 1.51. The number of aromatic amines is 1. The van der Waals surface area contributed by atoms with Crippen molar-refractivity contribution < 1.29 is 13.2 Å². The Morgan fingerprint density at radius 3 is 2.48 bits per heavy atom. The monoisotopic (exact) mass is 434 g/mol. The largest absolute Gasteiger partial charge is 0.292 e. The number of sulfonamides is 1. The molecular formula is C18H19ClN6O3S. The molecule has 29 heavy (non-hydrogen) atoms. The van der Waals surface area contributed by atoms with E-state index in [0.717, 1.165) is 11.1 Å². The van der Waals surface area contributed by atoms with Crippen molar-refractivity contribution in [1.29, 1.82) is 0 Å². The highest BCUT2D eigenvalue weighted by atomic mass is 35.5. The number of anilines is 1. The van der Waals surface area contributed by atoms with Crippen LogP contribution in [0.25, 0.3) is 0 Å². The van der Waals surface area contributed by atoms with Crippen LogP contribution >= 0.6 is 11.6 Å². The molecule has 1 heterocycles. The third-order valence-electron chi connectivity index (χ3n) is 4.04. The molecule has 0 radical (unpaired) electrons. The zero-order chi connectivity index (χ0) is 20.7. The van der Waals surface area contributed by atoms with E-state index in [9.17, 15) is 13.2 Å². The fraction of sp³-hybridized carbons (Fsp3) is 0.222. The van der Waals surface area contributed by atoms with Gasteiger partial charge in [-0.2, -0.15) is 5.21 Å². The molecule has 0 aliphatic rings. The Kier molecular flexibility index (Phi) is 6.91. The molecule has 0 saturated heterocycles. The van der Waals surface area contributed by atoms with Gasteiger partial charge in [-0.05, 0) is 41.3 Å².